The predicted molar refractivity (Wildman–Crippen MR) is 114 cm³/mol. The molecule has 0 unspecified atom stereocenters. The summed E-state index contributed by atoms with van der Waals surface area (Å²) in [6.45, 7) is 7.01. The maximum Gasteiger partial charge on any atom is 0.243 e. The Morgan fingerprint density at radius 2 is 1.75 bits per heavy atom. The molecule has 28 heavy (non-hydrogen) atoms. The average molecular weight is 398 g/mol. The summed E-state index contributed by atoms with van der Waals surface area (Å²) in [5.41, 5.74) is 4.00. The van der Waals surface area contributed by atoms with Gasteiger partial charge in [-0.2, -0.15) is 4.31 Å². The Bertz CT molecular complexity index is 933. The van der Waals surface area contributed by atoms with Crippen LogP contribution in [0.15, 0.2) is 53.4 Å². The van der Waals surface area contributed by atoms with Crippen LogP contribution in [0.3, 0.4) is 0 Å². The van der Waals surface area contributed by atoms with Crippen LogP contribution in [-0.2, 0) is 16.4 Å². The number of rotatable bonds is 4. The van der Waals surface area contributed by atoms with E-state index in [1.165, 1.54) is 11.1 Å². The molecule has 3 nitrogen and oxygen atoms in total. The van der Waals surface area contributed by atoms with Crippen molar-refractivity contribution in [1.29, 1.82) is 0 Å². The Labute approximate surface area is 169 Å². The minimum atomic E-state index is -3.47. The fourth-order valence-electron chi connectivity index (χ4n) is 5.27. The molecule has 0 N–H and O–H groups in total. The second kappa shape index (κ2) is 7.64. The Morgan fingerprint density at radius 1 is 1.04 bits per heavy atom. The molecule has 0 radical (unpaired) electrons. The van der Waals surface area contributed by atoms with Gasteiger partial charge in [0, 0.05) is 12.6 Å². The van der Waals surface area contributed by atoms with Crippen LogP contribution < -0.4 is 0 Å². The number of fused-ring (bicyclic) bond motifs is 3. The molecule has 1 saturated heterocycles. The first-order chi connectivity index (χ1) is 13.4. The Balaban J connectivity index is 1.70. The number of piperidine rings is 1. The van der Waals surface area contributed by atoms with E-state index >= 15 is 0 Å². The monoisotopic (exact) mass is 397 g/mol. The van der Waals surface area contributed by atoms with Crippen LogP contribution in [0.25, 0.3) is 0 Å². The standard InChI is InChI=1S/C24H31NO2S/c1-17(2)16-24-23-13-10-19-6-4-5-7-21(19)22(23)14-15-25(24)28(26,27)20-11-8-18(3)9-12-20/h4-9,11-12,17,22-24H,10,13-16H2,1-3H3/t22-,23+,24-/m0/s1. The molecular weight excluding hydrogens is 366 g/mol. The van der Waals surface area contributed by atoms with Crippen molar-refractivity contribution in [3.63, 3.8) is 0 Å². The van der Waals surface area contributed by atoms with Crippen LogP contribution in [0.2, 0.25) is 0 Å². The third-order valence-electron chi connectivity index (χ3n) is 6.58. The summed E-state index contributed by atoms with van der Waals surface area (Å²) in [4.78, 5) is 0.432. The molecule has 1 fully saturated rings. The minimum absolute atomic E-state index is 0.0819. The van der Waals surface area contributed by atoms with E-state index < -0.39 is 10.0 Å². The number of aryl methyl sites for hydroxylation is 2. The smallest absolute Gasteiger partial charge is 0.207 e. The highest BCUT2D eigenvalue weighted by Gasteiger charge is 2.45. The summed E-state index contributed by atoms with van der Waals surface area (Å²) in [6.07, 6.45) is 3.99. The quantitative estimate of drug-likeness (QED) is 0.715. The molecule has 0 aromatic heterocycles. The van der Waals surface area contributed by atoms with Gasteiger partial charge in [0.1, 0.15) is 0 Å². The summed E-state index contributed by atoms with van der Waals surface area (Å²) in [7, 11) is -3.47. The van der Waals surface area contributed by atoms with E-state index in [4.69, 9.17) is 0 Å². The van der Waals surface area contributed by atoms with E-state index in [2.05, 4.69) is 38.1 Å². The normalized spacial score (nSPS) is 25.4. The Morgan fingerprint density at radius 3 is 2.46 bits per heavy atom. The van der Waals surface area contributed by atoms with Crippen LogP contribution >= 0.6 is 0 Å². The van der Waals surface area contributed by atoms with Crippen LogP contribution in [0.1, 0.15) is 55.7 Å². The first-order valence-corrected chi connectivity index (χ1v) is 12.0. The molecule has 4 rings (SSSR count). The van der Waals surface area contributed by atoms with E-state index in [0.717, 1.165) is 31.2 Å². The van der Waals surface area contributed by atoms with Gasteiger partial charge < -0.3 is 0 Å². The van der Waals surface area contributed by atoms with Gasteiger partial charge in [0.05, 0.1) is 4.90 Å². The van der Waals surface area contributed by atoms with Crippen molar-refractivity contribution in [1.82, 2.24) is 4.31 Å². The lowest BCUT2D eigenvalue weighted by atomic mass is 9.67. The average Bonchev–Trinajstić information content (AvgIpc) is 2.67. The molecular formula is C24H31NO2S. The van der Waals surface area contributed by atoms with Crippen molar-refractivity contribution < 1.29 is 8.42 Å². The molecule has 2 aliphatic rings. The zero-order valence-electron chi connectivity index (χ0n) is 17.1. The third kappa shape index (κ3) is 3.53. The van der Waals surface area contributed by atoms with Crippen molar-refractivity contribution in [2.45, 2.75) is 63.3 Å². The zero-order valence-corrected chi connectivity index (χ0v) is 18.0. The van der Waals surface area contributed by atoms with E-state index in [9.17, 15) is 8.42 Å². The number of sulfonamides is 1. The maximum absolute atomic E-state index is 13.5. The van der Waals surface area contributed by atoms with Crippen LogP contribution in [-0.4, -0.2) is 25.3 Å². The van der Waals surface area contributed by atoms with Gasteiger partial charge in [0.2, 0.25) is 10.0 Å². The predicted octanol–water partition coefficient (Wildman–Crippen LogP) is 5.15. The summed E-state index contributed by atoms with van der Waals surface area (Å²) in [5.74, 6) is 1.36. The highest BCUT2D eigenvalue weighted by Crippen LogP contribution is 2.47. The van der Waals surface area contributed by atoms with E-state index in [0.29, 0.717) is 29.2 Å². The number of hydrogen-bond donors (Lipinski definition) is 0. The molecule has 4 heteroatoms. The third-order valence-corrected chi connectivity index (χ3v) is 8.52. The summed E-state index contributed by atoms with van der Waals surface area (Å²) >= 11 is 0. The fourth-order valence-corrected chi connectivity index (χ4v) is 6.97. The number of benzene rings is 2. The second-order valence-corrected chi connectivity index (χ2v) is 10.8. The molecule has 0 saturated carbocycles. The van der Waals surface area contributed by atoms with E-state index in [-0.39, 0.29) is 6.04 Å². The highest BCUT2D eigenvalue weighted by molar-refractivity contribution is 7.89. The maximum atomic E-state index is 13.5. The van der Waals surface area contributed by atoms with Gasteiger partial charge in [-0.15, -0.1) is 0 Å². The number of nitrogens with zero attached hydrogens (tertiary/aromatic N) is 1. The fraction of sp³-hybridized carbons (Fsp3) is 0.500. The van der Waals surface area contributed by atoms with Gasteiger partial charge in [-0.3, -0.25) is 0 Å². The number of hydrogen-bond acceptors (Lipinski definition) is 2. The molecule has 0 amide bonds. The largest absolute Gasteiger partial charge is 0.243 e. The molecule has 3 atom stereocenters. The van der Waals surface area contributed by atoms with Crippen molar-refractivity contribution >= 4 is 10.0 Å². The first kappa shape index (κ1) is 19.7. The zero-order chi connectivity index (χ0) is 19.9. The molecule has 150 valence electrons. The van der Waals surface area contributed by atoms with Gasteiger partial charge in [-0.05, 0) is 73.6 Å². The van der Waals surface area contributed by atoms with Crippen molar-refractivity contribution in [2.75, 3.05) is 6.54 Å². The van der Waals surface area contributed by atoms with Gasteiger partial charge in [0.15, 0.2) is 0 Å². The SMILES string of the molecule is Cc1ccc(S(=O)(=O)N2CC[C@H]3c4ccccc4CC[C@H]3[C@@H]2CC(C)C)cc1. The topological polar surface area (TPSA) is 37.4 Å². The second-order valence-electron chi connectivity index (χ2n) is 8.92. The van der Waals surface area contributed by atoms with Gasteiger partial charge in [-0.25, -0.2) is 8.42 Å². The molecule has 1 aliphatic heterocycles. The molecule has 2 aromatic rings. The minimum Gasteiger partial charge on any atom is -0.207 e. The van der Waals surface area contributed by atoms with Crippen LogP contribution in [0.4, 0.5) is 0 Å². The molecule has 1 heterocycles. The molecule has 0 bridgehead atoms. The summed E-state index contributed by atoms with van der Waals surface area (Å²) in [6, 6.07) is 16.2. The Kier molecular flexibility index (Phi) is 5.36. The van der Waals surface area contributed by atoms with E-state index in [1.54, 1.807) is 12.1 Å². The lowest BCUT2D eigenvalue weighted by Gasteiger charge is -2.48. The van der Waals surface area contributed by atoms with Crippen molar-refractivity contribution in [3.8, 4) is 0 Å². The van der Waals surface area contributed by atoms with Gasteiger partial charge in [0.25, 0.3) is 0 Å². The lowest BCUT2D eigenvalue weighted by molar-refractivity contribution is 0.117. The van der Waals surface area contributed by atoms with Crippen molar-refractivity contribution in [3.05, 3.63) is 65.2 Å². The van der Waals surface area contributed by atoms with Gasteiger partial charge >= 0.3 is 0 Å². The van der Waals surface area contributed by atoms with Gasteiger partial charge in [-0.1, -0.05) is 55.8 Å². The summed E-state index contributed by atoms with van der Waals surface area (Å²) in [5, 5.41) is 0. The van der Waals surface area contributed by atoms with Crippen LogP contribution in [0, 0.1) is 18.8 Å². The summed E-state index contributed by atoms with van der Waals surface area (Å²) < 4.78 is 28.9. The van der Waals surface area contributed by atoms with E-state index in [1.807, 2.05) is 23.4 Å². The highest BCUT2D eigenvalue weighted by atomic mass is 32.2. The molecule has 2 aromatic carbocycles. The van der Waals surface area contributed by atoms with Crippen molar-refractivity contribution in [2.24, 2.45) is 11.8 Å². The molecule has 0 spiro atoms. The molecule has 1 aliphatic carbocycles. The lowest BCUT2D eigenvalue weighted by Crippen LogP contribution is -2.52. The Hall–Kier alpha value is -1.65. The van der Waals surface area contributed by atoms with Crippen LogP contribution in [0.5, 0.6) is 0 Å². The first-order valence-electron chi connectivity index (χ1n) is 10.5.